The maximum atomic E-state index is 12.3. The van der Waals surface area contributed by atoms with Gasteiger partial charge in [0.2, 0.25) is 0 Å². The van der Waals surface area contributed by atoms with Gasteiger partial charge < -0.3 is 20.5 Å². The minimum atomic E-state index is -0.199. The van der Waals surface area contributed by atoms with E-state index >= 15 is 0 Å². The van der Waals surface area contributed by atoms with Crippen LogP contribution in [0.1, 0.15) is 45.6 Å². The number of aliphatic hydroxyl groups excluding tert-OH is 1. The Morgan fingerprint density at radius 1 is 1.35 bits per heavy atom. The number of ether oxygens (including phenoxy) is 1. The van der Waals surface area contributed by atoms with E-state index in [-0.39, 0.29) is 36.1 Å². The number of amides is 2. The summed E-state index contributed by atoms with van der Waals surface area (Å²) in [7, 11) is 0. The van der Waals surface area contributed by atoms with E-state index in [0.29, 0.717) is 13.0 Å². The molecule has 1 aliphatic rings. The van der Waals surface area contributed by atoms with Crippen molar-refractivity contribution in [3.8, 4) is 5.75 Å². The van der Waals surface area contributed by atoms with Gasteiger partial charge in [-0.1, -0.05) is 39.0 Å². The molecule has 0 bridgehead atoms. The van der Waals surface area contributed by atoms with Gasteiger partial charge in [0.25, 0.3) is 0 Å². The van der Waals surface area contributed by atoms with Crippen LogP contribution in [-0.4, -0.2) is 36.4 Å². The number of aliphatic hydroxyl groups is 1. The minimum absolute atomic E-state index is 0.0339. The second-order valence-corrected chi connectivity index (χ2v) is 7.29. The zero-order valence-electron chi connectivity index (χ0n) is 14.4. The molecule has 0 aromatic heterocycles. The van der Waals surface area contributed by atoms with Gasteiger partial charge >= 0.3 is 6.03 Å². The highest BCUT2D eigenvalue weighted by molar-refractivity contribution is 5.74. The van der Waals surface area contributed by atoms with Crippen LogP contribution in [0.4, 0.5) is 4.79 Å². The van der Waals surface area contributed by atoms with E-state index in [1.54, 1.807) is 0 Å². The smallest absolute Gasteiger partial charge is 0.315 e. The number of benzene rings is 1. The predicted octanol–water partition coefficient (Wildman–Crippen LogP) is 2.65. The fraction of sp³-hybridized carbons (Fsp3) is 0.611. The molecule has 3 N–H and O–H groups in total. The summed E-state index contributed by atoms with van der Waals surface area (Å²) in [6, 6.07) is 7.64. The molecule has 3 atom stereocenters. The molecule has 128 valence electrons. The molecule has 0 saturated heterocycles. The van der Waals surface area contributed by atoms with Crippen LogP contribution >= 0.6 is 0 Å². The molecule has 5 heteroatoms. The Labute approximate surface area is 138 Å². The summed E-state index contributed by atoms with van der Waals surface area (Å²) in [6.07, 6.45) is 0.542. The zero-order chi connectivity index (χ0) is 17.0. The molecule has 5 nitrogen and oxygen atoms in total. The van der Waals surface area contributed by atoms with E-state index in [9.17, 15) is 9.90 Å². The van der Waals surface area contributed by atoms with Gasteiger partial charge in [-0.25, -0.2) is 4.79 Å². The lowest BCUT2D eigenvalue weighted by Crippen LogP contribution is -2.51. The SMILES string of the molecule is C[C@H](NC(=O)N[C@H](CCO)C(C)(C)C)[C@H]1COc2ccccc21. The van der Waals surface area contributed by atoms with Gasteiger partial charge in [0.05, 0.1) is 6.61 Å². The third-order valence-corrected chi connectivity index (χ3v) is 4.47. The molecule has 1 aromatic carbocycles. The highest BCUT2D eigenvalue weighted by Crippen LogP contribution is 2.35. The third-order valence-electron chi connectivity index (χ3n) is 4.47. The molecule has 0 aliphatic carbocycles. The predicted molar refractivity (Wildman–Crippen MR) is 90.8 cm³/mol. The summed E-state index contributed by atoms with van der Waals surface area (Å²) in [6.45, 7) is 8.80. The average Bonchev–Trinajstić information content (AvgIpc) is 2.89. The first-order valence-corrected chi connectivity index (χ1v) is 8.22. The number of carbonyl (C=O) groups is 1. The third kappa shape index (κ3) is 4.38. The molecule has 23 heavy (non-hydrogen) atoms. The van der Waals surface area contributed by atoms with E-state index in [4.69, 9.17) is 4.74 Å². The second kappa shape index (κ2) is 7.21. The number of urea groups is 1. The van der Waals surface area contributed by atoms with Gasteiger partial charge in [0.1, 0.15) is 5.75 Å². The number of fused-ring (bicyclic) bond motifs is 1. The Balaban J connectivity index is 1.95. The van der Waals surface area contributed by atoms with Crippen LogP contribution in [0.5, 0.6) is 5.75 Å². The number of hydrogen-bond acceptors (Lipinski definition) is 3. The summed E-state index contributed by atoms with van der Waals surface area (Å²) in [5, 5.41) is 15.2. The van der Waals surface area contributed by atoms with Gasteiger partial charge in [-0.05, 0) is 24.8 Å². The fourth-order valence-electron chi connectivity index (χ4n) is 2.96. The van der Waals surface area contributed by atoms with Crippen molar-refractivity contribution in [3.05, 3.63) is 29.8 Å². The molecule has 2 amide bonds. The van der Waals surface area contributed by atoms with Crippen LogP contribution in [-0.2, 0) is 0 Å². The molecule has 0 saturated carbocycles. The van der Waals surface area contributed by atoms with Crippen molar-refractivity contribution in [2.75, 3.05) is 13.2 Å². The van der Waals surface area contributed by atoms with Crippen molar-refractivity contribution in [1.29, 1.82) is 0 Å². The van der Waals surface area contributed by atoms with Crippen molar-refractivity contribution in [3.63, 3.8) is 0 Å². The van der Waals surface area contributed by atoms with Crippen molar-refractivity contribution in [2.24, 2.45) is 5.41 Å². The monoisotopic (exact) mass is 320 g/mol. The molecular weight excluding hydrogens is 292 g/mol. The van der Waals surface area contributed by atoms with Gasteiger partial charge in [0, 0.05) is 30.2 Å². The lowest BCUT2D eigenvalue weighted by atomic mass is 9.85. The minimum Gasteiger partial charge on any atom is -0.493 e. The summed E-state index contributed by atoms with van der Waals surface area (Å²) >= 11 is 0. The van der Waals surface area contributed by atoms with E-state index in [2.05, 4.69) is 31.4 Å². The van der Waals surface area contributed by atoms with Crippen molar-refractivity contribution >= 4 is 6.03 Å². The van der Waals surface area contributed by atoms with Crippen molar-refractivity contribution in [2.45, 2.75) is 52.1 Å². The quantitative estimate of drug-likeness (QED) is 0.781. The molecule has 2 rings (SSSR count). The van der Waals surface area contributed by atoms with Crippen LogP contribution in [0.3, 0.4) is 0 Å². The van der Waals surface area contributed by atoms with Crippen LogP contribution in [0.15, 0.2) is 24.3 Å². The summed E-state index contributed by atoms with van der Waals surface area (Å²) < 4.78 is 5.68. The van der Waals surface area contributed by atoms with Crippen LogP contribution in [0.2, 0.25) is 0 Å². The molecule has 1 heterocycles. The molecule has 0 fully saturated rings. The maximum Gasteiger partial charge on any atom is 0.315 e. The van der Waals surface area contributed by atoms with Crippen LogP contribution in [0.25, 0.3) is 0 Å². The fourth-order valence-corrected chi connectivity index (χ4v) is 2.96. The Hall–Kier alpha value is -1.75. The van der Waals surface area contributed by atoms with E-state index in [0.717, 1.165) is 11.3 Å². The Bertz CT molecular complexity index is 539. The summed E-state index contributed by atoms with van der Waals surface area (Å²) in [4.78, 5) is 12.3. The lowest BCUT2D eigenvalue weighted by molar-refractivity contribution is 0.186. The largest absolute Gasteiger partial charge is 0.493 e. The van der Waals surface area contributed by atoms with E-state index < -0.39 is 0 Å². The highest BCUT2D eigenvalue weighted by atomic mass is 16.5. The first kappa shape index (κ1) is 17.6. The number of nitrogens with one attached hydrogen (secondary N) is 2. The van der Waals surface area contributed by atoms with Crippen molar-refractivity contribution in [1.82, 2.24) is 10.6 Å². The Kier molecular flexibility index (Phi) is 5.52. The van der Waals surface area contributed by atoms with E-state index in [1.165, 1.54) is 0 Å². The number of para-hydroxylation sites is 1. The number of carbonyl (C=O) groups excluding carboxylic acids is 1. The van der Waals surface area contributed by atoms with Gasteiger partial charge in [-0.15, -0.1) is 0 Å². The van der Waals surface area contributed by atoms with E-state index in [1.807, 2.05) is 31.2 Å². The van der Waals surface area contributed by atoms with Crippen LogP contribution < -0.4 is 15.4 Å². The Morgan fingerprint density at radius 3 is 2.70 bits per heavy atom. The molecule has 0 radical (unpaired) electrons. The first-order chi connectivity index (χ1) is 10.8. The summed E-state index contributed by atoms with van der Waals surface area (Å²) in [5.41, 5.74) is 1.04. The topological polar surface area (TPSA) is 70.6 Å². The second-order valence-electron chi connectivity index (χ2n) is 7.29. The molecular formula is C18H28N2O3. The molecule has 1 aliphatic heterocycles. The number of hydrogen-bond donors (Lipinski definition) is 3. The Morgan fingerprint density at radius 2 is 2.04 bits per heavy atom. The van der Waals surface area contributed by atoms with Crippen LogP contribution in [0, 0.1) is 5.41 Å². The highest BCUT2D eigenvalue weighted by Gasteiger charge is 2.31. The molecule has 0 spiro atoms. The number of rotatable bonds is 5. The molecule has 0 unspecified atom stereocenters. The van der Waals surface area contributed by atoms with Gasteiger partial charge in [0.15, 0.2) is 0 Å². The standard InChI is InChI=1S/C18H28N2O3/c1-12(14-11-23-15-8-6-5-7-13(14)15)19-17(22)20-16(9-10-21)18(2,3)4/h5-8,12,14,16,21H,9-11H2,1-4H3,(H2,19,20,22)/t12-,14+,16+/m0/s1. The first-order valence-electron chi connectivity index (χ1n) is 8.22. The lowest BCUT2D eigenvalue weighted by Gasteiger charge is -2.32. The average molecular weight is 320 g/mol. The maximum absolute atomic E-state index is 12.3. The van der Waals surface area contributed by atoms with Crippen molar-refractivity contribution < 1.29 is 14.6 Å². The zero-order valence-corrected chi connectivity index (χ0v) is 14.4. The van der Waals surface area contributed by atoms with Gasteiger partial charge in [-0.2, -0.15) is 0 Å². The normalized spacial score (nSPS) is 19.4. The van der Waals surface area contributed by atoms with Gasteiger partial charge in [-0.3, -0.25) is 0 Å². The molecule has 1 aromatic rings. The summed E-state index contributed by atoms with van der Waals surface area (Å²) in [5.74, 6) is 1.06.